The number of hydrogen-bond acceptors (Lipinski definition) is 3. The Morgan fingerprint density at radius 3 is 2.82 bits per heavy atom. The van der Waals surface area contributed by atoms with E-state index in [-0.39, 0.29) is 5.91 Å². The van der Waals surface area contributed by atoms with E-state index < -0.39 is 0 Å². The molecule has 0 spiro atoms. The summed E-state index contributed by atoms with van der Waals surface area (Å²) in [5.74, 6) is 0.601. The number of benzene rings is 1. The molecule has 2 aromatic rings. The summed E-state index contributed by atoms with van der Waals surface area (Å²) in [7, 11) is 0. The van der Waals surface area contributed by atoms with Gasteiger partial charge in [0.05, 0.1) is 23.7 Å². The summed E-state index contributed by atoms with van der Waals surface area (Å²) in [4.78, 5) is 19.7. The van der Waals surface area contributed by atoms with Crippen molar-refractivity contribution in [1.82, 2.24) is 9.88 Å². The molecule has 0 fully saturated rings. The third-order valence-electron chi connectivity index (χ3n) is 4.93. The van der Waals surface area contributed by atoms with E-state index in [0.29, 0.717) is 36.2 Å². The fourth-order valence-electron chi connectivity index (χ4n) is 3.40. The number of aromatic nitrogens is 1. The minimum atomic E-state index is -0.0371. The monoisotopic (exact) mass is 576 g/mol. The lowest BCUT2D eigenvalue weighted by Crippen LogP contribution is -2.38. The van der Waals surface area contributed by atoms with Crippen molar-refractivity contribution in [2.24, 2.45) is 0 Å². The largest absolute Gasteiger partial charge is 0.477 e. The van der Waals surface area contributed by atoms with Gasteiger partial charge in [-0.3, -0.25) is 4.79 Å². The van der Waals surface area contributed by atoms with E-state index in [4.69, 9.17) is 16.3 Å². The molecule has 1 aromatic heterocycles. The maximum absolute atomic E-state index is 13.3. The zero-order valence-electron chi connectivity index (χ0n) is 16.2. The summed E-state index contributed by atoms with van der Waals surface area (Å²) in [6.45, 7) is 7.89. The molecular formula is C21H23BrClIN2O2. The van der Waals surface area contributed by atoms with Gasteiger partial charge in [0.15, 0.2) is 0 Å². The normalized spacial score (nSPS) is 13.6. The van der Waals surface area contributed by atoms with Gasteiger partial charge in [-0.2, -0.15) is 0 Å². The average molecular weight is 578 g/mol. The molecule has 2 heterocycles. The first-order valence-electron chi connectivity index (χ1n) is 9.39. The molecule has 0 N–H and O–H groups in total. The van der Waals surface area contributed by atoms with Gasteiger partial charge in [0.1, 0.15) is 0 Å². The van der Waals surface area contributed by atoms with Crippen LogP contribution in [0.2, 0.25) is 5.02 Å². The third-order valence-corrected chi connectivity index (χ3v) is 7.20. The van der Waals surface area contributed by atoms with E-state index >= 15 is 0 Å². The quantitative estimate of drug-likeness (QED) is 0.237. The third kappa shape index (κ3) is 4.49. The number of hydrogen-bond donors (Lipinski definition) is 0. The molecule has 28 heavy (non-hydrogen) atoms. The van der Waals surface area contributed by atoms with Gasteiger partial charge < -0.3 is 9.64 Å². The Balaban J connectivity index is 1.92. The molecule has 0 atom stereocenters. The fraction of sp³-hybridized carbons (Fsp3) is 0.429. The first-order chi connectivity index (χ1) is 13.3. The van der Waals surface area contributed by atoms with Gasteiger partial charge in [0.2, 0.25) is 5.88 Å². The summed E-state index contributed by atoms with van der Waals surface area (Å²) < 4.78 is 7.78. The average Bonchev–Trinajstić information content (AvgIpc) is 2.63. The van der Waals surface area contributed by atoms with Crippen molar-refractivity contribution in [3.05, 3.63) is 53.1 Å². The van der Waals surface area contributed by atoms with E-state index in [1.807, 2.05) is 30.9 Å². The van der Waals surface area contributed by atoms with Crippen LogP contribution in [0, 0.1) is 17.4 Å². The predicted octanol–water partition coefficient (Wildman–Crippen LogP) is 6.10. The fourth-order valence-corrected chi connectivity index (χ4v) is 5.29. The van der Waals surface area contributed by atoms with Crippen molar-refractivity contribution in [1.29, 1.82) is 0 Å². The van der Waals surface area contributed by atoms with Crippen molar-refractivity contribution >= 4 is 56.0 Å². The second kappa shape index (κ2) is 9.30. The van der Waals surface area contributed by atoms with Gasteiger partial charge in [0.25, 0.3) is 5.91 Å². The second-order valence-corrected chi connectivity index (χ2v) is 9.45. The van der Waals surface area contributed by atoms with E-state index in [9.17, 15) is 4.79 Å². The number of pyridine rings is 1. The maximum Gasteiger partial charge on any atom is 0.256 e. The molecule has 0 saturated carbocycles. The topological polar surface area (TPSA) is 42.4 Å². The number of halogens is 3. The van der Waals surface area contributed by atoms with Crippen molar-refractivity contribution in [3.63, 3.8) is 0 Å². The Labute approximate surface area is 193 Å². The first-order valence-corrected chi connectivity index (χ1v) is 11.6. The first kappa shape index (κ1) is 21.8. The summed E-state index contributed by atoms with van der Waals surface area (Å²) >= 11 is 12.3. The molecule has 3 rings (SSSR count). The van der Waals surface area contributed by atoms with Crippen LogP contribution in [0.25, 0.3) is 0 Å². The van der Waals surface area contributed by atoms with Crippen LogP contribution in [0.5, 0.6) is 5.88 Å². The van der Waals surface area contributed by atoms with Crippen LogP contribution >= 0.6 is 50.1 Å². The number of carbonyl (C=O) groups excluding carboxylic acids is 1. The zero-order valence-corrected chi connectivity index (χ0v) is 20.7. The number of aryl methyl sites for hydroxylation is 2. The van der Waals surface area contributed by atoms with Crippen molar-refractivity contribution in [2.45, 2.75) is 46.6 Å². The standard InChI is InChI=1S/C21H23BrClIN2O2/c1-4-5-8-28-20-15(12(2)9-13(3)25-20)11-26-7-6-14-16(22)10-17(24)19(23)18(14)21(26)27/h9-10H,4-8,11H2,1-3H3. The summed E-state index contributed by atoms with van der Waals surface area (Å²) in [6.07, 6.45) is 2.81. The van der Waals surface area contributed by atoms with Crippen LogP contribution in [0.15, 0.2) is 16.6 Å². The molecule has 7 heteroatoms. The Morgan fingerprint density at radius 1 is 1.36 bits per heavy atom. The maximum atomic E-state index is 13.3. The molecule has 1 amide bonds. The van der Waals surface area contributed by atoms with Crippen molar-refractivity contribution in [2.75, 3.05) is 13.2 Å². The number of nitrogens with zero attached hydrogens (tertiary/aromatic N) is 2. The van der Waals surface area contributed by atoms with Crippen molar-refractivity contribution < 1.29 is 9.53 Å². The molecule has 1 aliphatic heterocycles. The van der Waals surface area contributed by atoms with Gasteiger partial charge in [0, 0.05) is 25.8 Å². The van der Waals surface area contributed by atoms with Gasteiger partial charge in [-0.15, -0.1) is 0 Å². The minimum Gasteiger partial charge on any atom is -0.477 e. The molecule has 4 nitrogen and oxygen atoms in total. The second-order valence-electron chi connectivity index (χ2n) is 7.05. The van der Waals surface area contributed by atoms with Crippen LogP contribution in [-0.2, 0) is 13.0 Å². The van der Waals surface area contributed by atoms with Crippen LogP contribution in [0.3, 0.4) is 0 Å². The number of rotatable bonds is 6. The van der Waals surface area contributed by atoms with Crippen LogP contribution in [0.4, 0.5) is 0 Å². The Bertz CT molecular complexity index is 920. The molecule has 0 unspecified atom stereocenters. The van der Waals surface area contributed by atoms with E-state index in [1.54, 1.807) is 0 Å². The Kier molecular flexibility index (Phi) is 7.26. The molecule has 1 aliphatic rings. The van der Waals surface area contributed by atoms with Gasteiger partial charge >= 0.3 is 0 Å². The SMILES string of the molecule is CCCCOc1nc(C)cc(C)c1CN1CCc2c(Br)cc(I)c(Cl)c2C1=O. The molecule has 0 radical (unpaired) electrons. The highest BCUT2D eigenvalue weighted by Crippen LogP contribution is 2.36. The van der Waals surface area contributed by atoms with Gasteiger partial charge in [-0.05, 0) is 72.5 Å². The zero-order chi connectivity index (χ0) is 20.4. The van der Waals surface area contributed by atoms with E-state index in [2.05, 4.69) is 50.4 Å². The summed E-state index contributed by atoms with van der Waals surface area (Å²) in [5, 5.41) is 0.534. The molecule has 1 aromatic carbocycles. The van der Waals surface area contributed by atoms with Crippen LogP contribution < -0.4 is 4.74 Å². The summed E-state index contributed by atoms with van der Waals surface area (Å²) in [6, 6.07) is 4.01. The Morgan fingerprint density at radius 2 is 2.11 bits per heavy atom. The number of ether oxygens (including phenoxy) is 1. The molecule has 0 bridgehead atoms. The number of fused-ring (bicyclic) bond motifs is 1. The predicted molar refractivity (Wildman–Crippen MR) is 124 cm³/mol. The smallest absolute Gasteiger partial charge is 0.256 e. The van der Waals surface area contributed by atoms with Crippen LogP contribution in [-0.4, -0.2) is 28.9 Å². The number of unbranched alkanes of at least 4 members (excludes halogenated alkanes) is 1. The Hall–Kier alpha value is -0.860. The summed E-state index contributed by atoms with van der Waals surface area (Å²) in [5.41, 5.74) is 4.58. The highest BCUT2D eigenvalue weighted by atomic mass is 127. The van der Waals surface area contributed by atoms with Gasteiger partial charge in [-0.1, -0.05) is 40.9 Å². The highest BCUT2D eigenvalue weighted by molar-refractivity contribution is 14.1. The number of amides is 1. The molecular weight excluding hydrogens is 555 g/mol. The van der Waals surface area contributed by atoms with Crippen molar-refractivity contribution in [3.8, 4) is 5.88 Å². The van der Waals surface area contributed by atoms with E-state index in [1.165, 1.54) is 0 Å². The number of carbonyl (C=O) groups is 1. The lowest BCUT2D eigenvalue weighted by Gasteiger charge is -2.31. The lowest BCUT2D eigenvalue weighted by atomic mass is 9.98. The van der Waals surface area contributed by atoms with E-state index in [0.717, 1.165) is 49.7 Å². The van der Waals surface area contributed by atoms with Gasteiger partial charge in [-0.25, -0.2) is 4.98 Å². The molecule has 0 saturated heterocycles. The molecule has 150 valence electrons. The lowest BCUT2D eigenvalue weighted by molar-refractivity contribution is 0.0724. The van der Waals surface area contributed by atoms with Crippen LogP contribution in [0.1, 0.15) is 52.5 Å². The minimum absolute atomic E-state index is 0.0371. The molecule has 0 aliphatic carbocycles. The highest BCUT2D eigenvalue weighted by Gasteiger charge is 2.30.